The molecule has 0 saturated heterocycles. The maximum Gasteiger partial charge on any atom is 0.417 e. The van der Waals surface area contributed by atoms with Crippen LogP contribution in [0.4, 0.5) is 13.2 Å². The van der Waals surface area contributed by atoms with Crippen LogP contribution >= 0.6 is 0 Å². The maximum absolute atomic E-state index is 12.9. The molecule has 0 bridgehead atoms. The Morgan fingerprint density at radius 2 is 2.04 bits per heavy atom. The van der Waals surface area contributed by atoms with E-state index in [1.165, 1.54) is 30.5 Å². The summed E-state index contributed by atoms with van der Waals surface area (Å²) in [5.41, 5.74) is 1.64. The molecule has 2 heterocycles. The third kappa shape index (κ3) is 3.77. The quantitative estimate of drug-likeness (QED) is 0.559. The van der Waals surface area contributed by atoms with E-state index >= 15 is 0 Å². The summed E-state index contributed by atoms with van der Waals surface area (Å²) < 4.78 is 43.8. The second-order valence-electron chi connectivity index (χ2n) is 4.93. The van der Waals surface area contributed by atoms with Crippen LogP contribution in [0.25, 0.3) is 11.5 Å². The molecule has 9 heteroatoms. The number of carbonyl (C=O) groups excluding carboxylic acids is 1. The second-order valence-corrected chi connectivity index (χ2v) is 4.93. The molecule has 1 amide bonds. The van der Waals surface area contributed by atoms with Gasteiger partial charge in [0.2, 0.25) is 0 Å². The molecule has 0 fully saturated rings. The van der Waals surface area contributed by atoms with Gasteiger partial charge in [0.25, 0.3) is 5.91 Å². The lowest BCUT2D eigenvalue weighted by atomic mass is 10.1. The van der Waals surface area contributed by atoms with Crippen molar-refractivity contribution in [3.05, 3.63) is 65.5 Å². The molecule has 2 aromatic heterocycles. The zero-order chi connectivity index (χ0) is 17.9. The fourth-order valence-corrected chi connectivity index (χ4v) is 2.08. The maximum atomic E-state index is 12.9. The van der Waals surface area contributed by atoms with Crippen LogP contribution in [0.5, 0.6) is 0 Å². The number of benzene rings is 1. The molecule has 1 aromatic carbocycles. The minimum Gasteiger partial charge on any atom is -0.463 e. The number of nitrogens with one attached hydrogen (secondary N) is 2. The van der Waals surface area contributed by atoms with Gasteiger partial charge in [-0.3, -0.25) is 9.89 Å². The molecular weight excluding hydrogens is 337 g/mol. The van der Waals surface area contributed by atoms with Gasteiger partial charge in [-0.05, 0) is 18.2 Å². The summed E-state index contributed by atoms with van der Waals surface area (Å²) in [6.07, 6.45) is -2.11. The van der Waals surface area contributed by atoms with E-state index in [2.05, 4.69) is 20.7 Å². The Labute approximate surface area is 139 Å². The topological polar surface area (TPSA) is 83.3 Å². The van der Waals surface area contributed by atoms with E-state index in [4.69, 9.17) is 4.42 Å². The van der Waals surface area contributed by atoms with E-state index in [1.54, 1.807) is 12.1 Å². The summed E-state index contributed by atoms with van der Waals surface area (Å²) >= 11 is 0. The summed E-state index contributed by atoms with van der Waals surface area (Å²) in [6.45, 7) is 0. The molecule has 6 nitrogen and oxygen atoms in total. The first-order valence-corrected chi connectivity index (χ1v) is 7.04. The third-order valence-corrected chi connectivity index (χ3v) is 3.23. The van der Waals surface area contributed by atoms with Crippen LogP contribution < -0.4 is 5.43 Å². The summed E-state index contributed by atoms with van der Waals surface area (Å²) in [6, 6.07) is 9.71. The van der Waals surface area contributed by atoms with Crippen LogP contribution in [0.3, 0.4) is 0 Å². The molecular formula is C16H11F3N4O2. The fraction of sp³-hybridized carbons (Fsp3) is 0.0625. The highest BCUT2D eigenvalue weighted by molar-refractivity contribution is 5.94. The van der Waals surface area contributed by atoms with Crippen molar-refractivity contribution in [2.75, 3.05) is 0 Å². The second kappa shape index (κ2) is 6.63. The molecule has 0 aliphatic carbocycles. The zero-order valence-electron chi connectivity index (χ0n) is 12.5. The normalized spacial score (nSPS) is 11.8. The van der Waals surface area contributed by atoms with Crippen LogP contribution in [-0.2, 0) is 6.18 Å². The Morgan fingerprint density at radius 3 is 2.76 bits per heavy atom. The van der Waals surface area contributed by atoms with Gasteiger partial charge in [0.15, 0.2) is 11.5 Å². The molecule has 0 aliphatic rings. The molecule has 3 rings (SSSR count). The van der Waals surface area contributed by atoms with Gasteiger partial charge in [0.05, 0.1) is 18.0 Å². The van der Waals surface area contributed by atoms with Crippen molar-refractivity contribution in [2.45, 2.75) is 6.18 Å². The summed E-state index contributed by atoms with van der Waals surface area (Å²) in [5.74, 6) is -0.177. The van der Waals surface area contributed by atoms with Crippen molar-refractivity contribution in [2.24, 2.45) is 5.10 Å². The van der Waals surface area contributed by atoms with Crippen LogP contribution in [0, 0.1) is 0 Å². The summed E-state index contributed by atoms with van der Waals surface area (Å²) in [7, 11) is 0. The highest BCUT2D eigenvalue weighted by atomic mass is 19.4. The van der Waals surface area contributed by atoms with Crippen molar-refractivity contribution >= 4 is 12.1 Å². The molecule has 128 valence electrons. The van der Waals surface area contributed by atoms with Gasteiger partial charge < -0.3 is 4.42 Å². The first-order chi connectivity index (χ1) is 11.9. The molecule has 3 aromatic rings. The molecule has 0 radical (unpaired) electrons. The van der Waals surface area contributed by atoms with Gasteiger partial charge >= 0.3 is 6.18 Å². The fourth-order valence-electron chi connectivity index (χ4n) is 2.08. The van der Waals surface area contributed by atoms with Gasteiger partial charge in [-0.1, -0.05) is 18.2 Å². The number of aromatic amines is 1. The Balaban J connectivity index is 1.70. The van der Waals surface area contributed by atoms with E-state index in [0.717, 1.165) is 12.3 Å². The largest absolute Gasteiger partial charge is 0.463 e. The van der Waals surface area contributed by atoms with Crippen LogP contribution in [-0.4, -0.2) is 22.3 Å². The van der Waals surface area contributed by atoms with E-state index in [-0.39, 0.29) is 11.3 Å². The Bertz CT molecular complexity index is 898. The van der Waals surface area contributed by atoms with Crippen molar-refractivity contribution in [3.63, 3.8) is 0 Å². The first kappa shape index (κ1) is 16.5. The molecule has 0 unspecified atom stereocenters. The molecule has 0 saturated carbocycles. The van der Waals surface area contributed by atoms with Crippen LogP contribution in [0.1, 0.15) is 21.6 Å². The third-order valence-electron chi connectivity index (χ3n) is 3.23. The lowest BCUT2D eigenvalue weighted by Crippen LogP contribution is -2.18. The Hall–Kier alpha value is -3.36. The average molecular weight is 348 g/mol. The summed E-state index contributed by atoms with van der Waals surface area (Å²) in [5, 5.41) is 9.99. The molecule has 2 N–H and O–H groups in total. The van der Waals surface area contributed by atoms with Crippen LogP contribution in [0.15, 0.2) is 58.2 Å². The first-order valence-electron chi connectivity index (χ1n) is 7.04. The highest BCUT2D eigenvalue weighted by Crippen LogP contribution is 2.31. The number of aromatic nitrogens is 2. The number of nitrogens with zero attached hydrogens (tertiary/aromatic N) is 2. The standard InChI is InChI=1S/C16H11F3N4O2/c17-16(18,19)11-5-2-1-4-10(11)9-20-23-15(24)13-8-12(21-22-13)14-6-3-7-25-14/h1-9H,(H,21,22)(H,23,24)/b20-9-. The van der Waals surface area contributed by atoms with E-state index in [9.17, 15) is 18.0 Å². The summed E-state index contributed by atoms with van der Waals surface area (Å²) in [4.78, 5) is 11.9. The average Bonchev–Trinajstić information content (AvgIpc) is 3.25. The number of carbonyl (C=O) groups is 1. The van der Waals surface area contributed by atoms with Crippen molar-refractivity contribution in [3.8, 4) is 11.5 Å². The van der Waals surface area contributed by atoms with E-state index in [1.807, 2.05) is 0 Å². The van der Waals surface area contributed by atoms with Gasteiger partial charge in [-0.15, -0.1) is 0 Å². The number of hydrazone groups is 1. The number of H-pyrrole nitrogens is 1. The number of furan rings is 1. The minimum absolute atomic E-state index is 0.0210. The lowest BCUT2D eigenvalue weighted by molar-refractivity contribution is -0.137. The Kier molecular flexibility index (Phi) is 4.38. The van der Waals surface area contributed by atoms with Crippen molar-refractivity contribution in [1.29, 1.82) is 0 Å². The number of hydrogen-bond donors (Lipinski definition) is 2. The molecule has 25 heavy (non-hydrogen) atoms. The predicted octanol–water partition coefficient (Wildman–Crippen LogP) is 3.45. The smallest absolute Gasteiger partial charge is 0.417 e. The number of alkyl halides is 3. The van der Waals surface area contributed by atoms with Gasteiger partial charge in [0.1, 0.15) is 5.69 Å². The van der Waals surface area contributed by atoms with Crippen LogP contribution in [0.2, 0.25) is 0 Å². The number of rotatable bonds is 4. The minimum atomic E-state index is -4.51. The van der Waals surface area contributed by atoms with Crippen molar-refractivity contribution in [1.82, 2.24) is 15.6 Å². The highest BCUT2D eigenvalue weighted by Gasteiger charge is 2.32. The lowest BCUT2D eigenvalue weighted by Gasteiger charge is -2.08. The molecule has 0 aliphatic heterocycles. The van der Waals surface area contributed by atoms with E-state index in [0.29, 0.717) is 11.5 Å². The van der Waals surface area contributed by atoms with Gasteiger partial charge in [-0.2, -0.15) is 23.4 Å². The number of halogens is 3. The van der Waals surface area contributed by atoms with Crippen molar-refractivity contribution < 1.29 is 22.4 Å². The van der Waals surface area contributed by atoms with Gasteiger partial charge in [-0.25, -0.2) is 5.43 Å². The zero-order valence-corrected chi connectivity index (χ0v) is 12.5. The number of hydrogen-bond acceptors (Lipinski definition) is 4. The molecule has 0 spiro atoms. The van der Waals surface area contributed by atoms with E-state index < -0.39 is 17.6 Å². The Morgan fingerprint density at radius 1 is 1.24 bits per heavy atom. The molecule has 0 atom stereocenters. The predicted molar refractivity (Wildman–Crippen MR) is 82.8 cm³/mol. The van der Waals surface area contributed by atoms with Gasteiger partial charge in [0, 0.05) is 11.6 Å². The monoisotopic (exact) mass is 348 g/mol. The number of amides is 1. The SMILES string of the molecule is O=C(N/N=C\c1ccccc1C(F)(F)F)c1cc(-c2ccco2)[nH]n1.